The Kier molecular flexibility index (Phi) is 2.93. The normalized spacial score (nSPS) is 25.2. The summed E-state index contributed by atoms with van der Waals surface area (Å²) >= 11 is 0. The molecule has 0 bridgehead atoms. The molecule has 0 saturated carbocycles. The van der Waals surface area contributed by atoms with Gasteiger partial charge < -0.3 is 9.31 Å². The molecule has 0 aromatic rings. The summed E-state index contributed by atoms with van der Waals surface area (Å²) in [7, 11) is -0.252. The van der Waals surface area contributed by atoms with Crippen LogP contribution in [0.15, 0.2) is 24.2 Å². The van der Waals surface area contributed by atoms with Crippen LogP contribution in [0.5, 0.6) is 0 Å². The van der Waals surface area contributed by atoms with Crippen molar-refractivity contribution >= 4 is 7.12 Å². The number of rotatable bonds is 2. The van der Waals surface area contributed by atoms with Gasteiger partial charge in [0.05, 0.1) is 11.2 Å². The smallest absolute Gasteiger partial charge is 0.400 e. The van der Waals surface area contributed by atoms with Crippen LogP contribution in [0, 0.1) is 0 Å². The van der Waals surface area contributed by atoms with Crippen LogP contribution in [0.4, 0.5) is 0 Å². The molecule has 3 heteroatoms. The lowest BCUT2D eigenvalue weighted by Gasteiger charge is -2.32. The number of hydrogen-bond acceptors (Lipinski definition) is 2. The first kappa shape index (κ1) is 11.5. The maximum absolute atomic E-state index is 5.79. The maximum Gasteiger partial charge on any atom is 0.487 e. The highest BCUT2D eigenvalue weighted by Gasteiger charge is 2.50. The second-order valence-corrected chi connectivity index (χ2v) is 4.74. The molecule has 1 rings (SSSR count). The molecule has 78 valence electrons. The van der Waals surface area contributed by atoms with Crippen LogP contribution in [0.25, 0.3) is 0 Å². The van der Waals surface area contributed by atoms with Crippen molar-refractivity contribution < 1.29 is 9.31 Å². The van der Waals surface area contributed by atoms with Gasteiger partial charge in [-0.2, -0.15) is 0 Å². The second-order valence-electron chi connectivity index (χ2n) is 4.74. The Bertz CT molecular complexity index is 250. The standard InChI is InChI=1S/C11H19BO2/c1-7-9(2)8-12-13-10(3,4)11(5,6)14-12/h7-8H,1H2,2-6H3/b9-8+. The molecule has 1 aliphatic rings. The highest BCUT2D eigenvalue weighted by Crippen LogP contribution is 2.37. The zero-order valence-electron chi connectivity index (χ0n) is 9.76. The Morgan fingerprint density at radius 2 is 1.57 bits per heavy atom. The van der Waals surface area contributed by atoms with E-state index in [2.05, 4.69) is 6.58 Å². The third-order valence-electron chi connectivity index (χ3n) is 2.99. The molecule has 2 nitrogen and oxygen atoms in total. The molecule has 0 N–H and O–H groups in total. The third kappa shape index (κ3) is 2.10. The molecule has 1 fully saturated rings. The van der Waals surface area contributed by atoms with Gasteiger partial charge in [0.1, 0.15) is 0 Å². The van der Waals surface area contributed by atoms with Gasteiger partial charge in [0.2, 0.25) is 0 Å². The lowest BCUT2D eigenvalue weighted by molar-refractivity contribution is 0.00578. The second kappa shape index (κ2) is 3.56. The Balaban J connectivity index is 2.78. The fraction of sp³-hybridized carbons (Fsp3) is 0.636. The lowest BCUT2D eigenvalue weighted by atomic mass is 9.87. The van der Waals surface area contributed by atoms with Crippen molar-refractivity contribution in [1.82, 2.24) is 0 Å². The van der Waals surface area contributed by atoms with Crippen molar-refractivity contribution in [3.63, 3.8) is 0 Å². The van der Waals surface area contributed by atoms with Crippen LogP contribution in [0.3, 0.4) is 0 Å². The molecule has 0 atom stereocenters. The number of hydrogen-bond donors (Lipinski definition) is 0. The van der Waals surface area contributed by atoms with E-state index in [9.17, 15) is 0 Å². The summed E-state index contributed by atoms with van der Waals surface area (Å²) in [6.45, 7) is 13.9. The Morgan fingerprint density at radius 1 is 1.14 bits per heavy atom. The first-order chi connectivity index (χ1) is 6.28. The molecule has 14 heavy (non-hydrogen) atoms. The van der Waals surface area contributed by atoms with E-state index in [0.717, 1.165) is 5.57 Å². The van der Waals surface area contributed by atoms with Gasteiger partial charge in [-0.25, -0.2) is 0 Å². The molecule has 0 radical (unpaired) electrons. The van der Waals surface area contributed by atoms with E-state index in [1.165, 1.54) is 0 Å². The summed E-state index contributed by atoms with van der Waals surface area (Å²) in [5.74, 6) is 1.95. The van der Waals surface area contributed by atoms with Crippen molar-refractivity contribution in [3.8, 4) is 0 Å². The lowest BCUT2D eigenvalue weighted by Crippen LogP contribution is -2.41. The Morgan fingerprint density at radius 3 is 1.93 bits per heavy atom. The van der Waals surface area contributed by atoms with Crippen LogP contribution in [0.1, 0.15) is 34.6 Å². The van der Waals surface area contributed by atoms with Crippen LogP contribution in [0.2, 0.25) is 0 Å². The molecule has 0 amide bonds. The zero-order chi connectivity index (χ0) is 11.0. The van der Waals surface area contributed by atoms with E-state index in [1.54, 1.807) is 6.08 Å². The minimum atomic E-state index is -0.254. The minimum absolute atomic E-state index is 0.252. The summed E-state index contributed by atoms with van der Waals surface area (Å²) in [5.41, 5.74) is 0.564. The largest absolute Gasteiger partial charge is 0.487 e. The average molecular weight is 194 g/mol. The van der Waals surface area contributed by atoms with E-state index in [1.807, 2.05) is 40.6 Å². The van der Waals surface area contributed by atoms with E-state index in [-0.39, 0.29) is 18.3 Å². The van der Waals surface area contributed by atoms with Crippen LogP contribution < -0.4 is 0 Å². The predicted octanol–water partition coefficient (Wildman–Crippen LogP) is 2.75. The van der Waals surface area contributed by atoms with Crippen LogP contribution >= 0.6 is 0 Å². The quantitative estimate of drug-likeness (QED) is 0.497. The molecule has 0 aliphatic carbocycles. The topological polar surface area (TPSA) is 18.5 Å². The molecular weight excluding hydrogens is 175 g/mol. The minimum Gasteiger partial charge on any atom is -0.400 e. The Hall–Kier alpha value is -0.535. The summed E-state index contributed by atoms with van der Waals surface area (Å²) in [6.07, 6.45) is 1.80. The van der Waals surface area contributed by atoms with E-state index in [0.29, 0.717) is 0 Å². The summed E-state index contributed by atoms with van der Waals surface area (Å²) in [6, 6.07) is 0. The van der Waals surface area contributed by atoms with E-state index >= 15 is 0 Å². The van der Waals surface area contributed by atoms with Gasteiger partial charge in [0, 0.05) is 0 Å². The van der Waals surface area contributed by atoms with Gasteiger partial charge in [-0.15, -0.1) is 0 Å². The van der Waals surface area contributed by atoms with E-state index in [4.69, 9.17) is 9.31 Å². The van der Waals surface area contributed by atoms with Gasteiger partial charge in [-0.3, -0.25) is 0 Å². The van der Waals surface area contributed by atoms with Crippen LogP contribution in [-0.4, -0.2) is 18.3 Å². The predicted molar refractivity (Wildman–Crippen MR) is 60.0 cm³/mol. The van der Waals surface area contributed by atoms with Crippen molar-refractivity contribution in [3.05, 3.63) is 24.2 Å². The first-order valence-electron chi connectivity index (χ1n) is 4.95. The highest BCUT2D eigenvalue weighted by atomic mass is 16.7. The zero-order valence-corrected chi connectivity index (χ0v) is 9.76. The van der Waals surface area contributed by atoms with Crippen molar-refractivity contribution in [1.29, 1.82) is 0 Å². The molecule has 0 unspecified atom stereocenters. The summed E-state index contributed by atoms with van der Waals surface area (Å²) in [5, 5.41) is 0. The molecule has 1 heterocycles. The molecule has 0 spiro atoms. The van der Waals surface area contributed by atoms with Gasteiger partial charge in [-0.1, -0.05) is 24.2 Å². The summed E-state index contributed by atoms with van der Waals surface area (Å²) in [4.78, 5) is 0. The van der Waals surface area contributed by atoms with Crippen molar-refractivity contribution in [2.24, 2.45) is 0 Å². The molecular formula is C11H19BO2. The summed E-state index contributed by atoms with van der Waals surface area (Å²) < 4.78 is 11.6. The average Bonchev–Trinajstić information content (AvgIpc) is 2.20. The Labute approximate surface area is 87.1 Å². The third-order valence-corrected chi connectivity index (χ3v) is 2.99. The molecule has 1 saturated heterocycles. The highest BCUT2D eigenvalue weighted by molar-refractivity contribution is 6.51. The van der Waals surface area contributed by atoms with Gasteiger partial charge in [0.15, 0.2) is 0 Å². The SMILES string of the molecule is C=C/C(C)=C/B1OC(C)(C)C(C)(C)O1. The first-order valence-corrected chi connectivity index (χ1v) is 4.95. The number of allylic oxidation sites excluding steroid dienone is 2. The van der Waals surface area contributed by atoms with Crippen molar-refractivity contribution in [2.45, 2.75) is 45.8 Å². The van der Waals surface area contributed by atoms with Gasteiger partial charge in [-0.05, 0) is 34.6 Å². The molecule has 0 aromatic heterocycles. The van der Waals surface area contributed by atoms with Crippen LogP contribution in [-0.2, 0) is 9.31 Å². The van der Waals surface area contributed by atoms with Crippen molar-refractivity contribution in [2.75, 3.05) is 0 Å². The van der Waals surface area contributed by atoms with E-state index < -0.39 is 0 Å². The fourth-order valence-electron chi connectivity index (χ4n) is 1.24. The molecule has 1 aliphatic heterocycles. The van der Waals surface area contributed by atoms with Gasteiger partial charge >= 0.3 is 7.12 Å². The fourth-order valence-corrected chi connectivity index (χ4v) is 1.24. The monoisotopic (exact) mass is 194 g/mol. The maximum atomic E-state index is 5.79. The van der Waals surface area contributed by atoms with Gasteiger partial charge in [0.25, 0.3) is 0 Å². The molecule has 0 aromatic carbocycles.